The third kappa shape index (κ3) is 2.24. The van der Waals surface area contributed by atoms with Gasteiger partial charge in [0.15, 0.2) is 0 Å². The van der Waals surface area contributed by atoms with Gasteiger partial charge in [-0.1, -0.05) is 11.6 Å². The van der Waals surface area contributed by atoms with E-state index in [-0.39, 0.29) is 5.02 Å². The Morgan fingerprint density at radius 2 is 2.39 bits per heavy atom. The molecule has 0 aromatic carbocycles. The van der Waals surface area contributed by atoms with E-state index in [2.05, 4.69) is 4.98 Å². The molecule has 1 N–H and O–H groups in total. The SMILES string of the molecule is N#Cc1ccnc(N2CCCCC2C(=O)O)c1Cl. The molecule has 6 heteroatoms. The summed E-state index contributed by atoms with van der Waals surface area (Å²) in [6, 6.07) is 2.88. The fourth-order valence-electron chi connectivity index (χ4n) is 2.16. The van der Waals surface area contributed by atoms with Crippen LogP contribution in [0, 0.1) is 11.3 Å². The first kappa shape index (κ1) is 12.7. The average molecular weight is 266 g/mol. The third-order valence-corrected chi connectivity index (χ3v) is 3.42. The van der Waals surface area contributed by atoms with Crippen LogP contribution in [0.3, 0.4) is 0 Å². The Morgan fingerprint density at radius 3 is 3.06 bits per heavy atom. The molecule has 94 valence electrons. The van der Waals surface area contributed by atoms with E-state index in [1.807, 2.05) is 6.07 Å². The van der Waals surface area contributed by atoms with Crippen LogP contribution in [0.25, 0.3) is 0 Å². The van der Waals surface area contributed by atoms with E-state index >= 15 is 0 Å². The van der Waals surface area contributed by atoms with Crippen molar-refractivity contribution in [1.82, 2.24) is 4.98 Å². The smallest absolute Gasteiger partial charge is 0.326 e. The molecule has 18 heavy (non-hydrogen) atoms. The van der Waals surface area contributed by atoms with Crippen LogP contribution in [0.5, 0.6) is 0 Å². The van der Waals surface area contributed by atoms with Crippen LogP contribution < -0.4 is 4.90 Å². The zero-order chi connectivity index (χ0) is 13.1. The molecule has 1 fully saturated rings. The van der Waals surface area contributed by atoms with Crippen molar-refractivity contribution in [3.63, 3.8) is 0 Å². The van der Waals surface area contributed by atoms with Crippen LogP contribution >= 0.6 is 11.6 Å². The predicted molar refractivity (Wildman–Crippen MR) is 66.6 cm³/mol. The van der Waals surface area contributed by atoms with Crippen molar-refractivity contribution in [3.05, 3.63) is 22.8 Å². The molecule has 0 aliphatic carbocycles. The van der Waals surface area contributed by atoms with Gasteiger partial charge in [-0.3, -0.25) is 0 Å². The van der Waals surface area contributed by atoms with Crippen molar-refractivity contribution < 1.29 is 9.90 Å². The summed E-state index contributed by atoms with van der Waals surface area (Å²) in [5.74, 6) is -0.488. The molecule has 1 aliphatic heterocycles. The number of carboxylic acid groups (broad SMARTS) is 1. The summed E-state index contributed by atoms with van der Waals surface area (Å²) in [5.41, 5.74) is 0.316. The highest BCUT2D eigenvalue weighted by molar-refractivity contribution is 6.34. The van der Waals surface area contributed by atoms with E-state index in [0.29, 0.717) is 24.3 Å². The molecule has 1 unspecified atom stereocenters. The number of aliphatic carboxylic acids is 1. The van der Waals surface area contributed by atoms with Gasteiger partial charge in [0.25, 0.3) is 0 Å². The van der Waals surface area contributed by atoms with Crippen molar-refractivity contribution >= 4 is 23.4 Å². The Kier molecular flexibility index (Phi) is 3.68. The number of hydrogen-bond acceptors (Lipinski definition) is 4. The topological polar surface area (TPSA) is 77.2 Å². The number of nitriles is 1. The second-order valence-electron chi connectivity index (χ2n) is 4.15. The number of anilines is 1. The van der Waals surface area contributed by atoms with Crippen molar-refractivity contribution in [2.45, 2.75) is 25.3 Å². The second-order valence-corrected chi connectivity index (χ2v) is 4.53. The highest BCUT2D eigenvalue weighted by Crippen LogP contribution is 2.31. The average Bonchev–Trinajstić information content (AvgIpc) is 2.39. The van der Waals surface area contributed by atoms with E-state index < -0.39 is 12.0 Å². The van der Waals surface area contributed by atoms with Crippen molar-refractivity contribution in [1.29, 1.82) is 5.26 Å². The monoisotopic (exact) mass is 265 g/mol. The zero-order valence-electron chi connectivity index (χ0n) is 9.64. The minimum Gasteiger partial charge on any atom is -0.480 e. The molecule has 0 saturated carbocycles. The summed E-state index contributed by atoms with van der Waals surface area (Å²) in [6.45, 7) is 0.596. The van der Waals surface area contributed by atoms with E-state index in [1.54, 1.807) is 4.90 Å². The first-order valence-electron chi connectivity index (χ1n) is 5.69. The number of piperidine rings is 1. The summed E-state index contributed by atoms with van der Waals surface area (Å²) >= 11 is 6.09. The standard InChI is InChI=1S/C12H12ClN3O2/c13-10-8(7-14)4-5-15-11(10)16-6-2-1-3-9(16)12(17)18/h4-5,9H,1-3,6H2,(H,17,18). The molecule has 1 aromatic heterocycles. The molecule has 0 radical (unpaired) electrons. The first-order valence-corrected chi connectivity index (χ1v) is 6.07. The molecular formula is C12H12ClN3O2. The molecule has 1 saturated heterocycles. The Labute approximate surface area is 110 Å². The van der Waals surface area contributed by atoms with Gasteiger partial charge in [-0.05, 0) is 25.3 Å². The van der Waals surface area contributed by atoms with Gasteiger partial charge in [0.2, 0.25) is 0 Å². The highest BCUT2D eigenvalue weighted by Gasteiger charge is 2.31. The van der Waals surface area contributed by atoms with Gasteiger partial charge in [0.05, 0.1) is 5.56 Å². The van der Waals surface area contributed by atoms with Crippen LogP contribution in [0.4, 0.5) is 5.82 Å². The van der Waals surface area contributed by atoms with Crippen molar-refractivity contribution in [2.75, 3.05) is 11.4 Å². The molecule has 1 atom stereocenters. The van der Waals surface area contributed by atoms with E-state index in [9.17, 15) is 9.90 Å². The summed E-state index contributed by atoms with van der Waals surface area (Å²) in [7, 11) is 0. The van der Waals surface area contributed by atoms with Gasteiger partial charge in [0, 0.05) is 12.7 Å². The summed E-state index contributed by atoms with van der Waals surface area (Å²) in [5, 5.41) is 18.4. The largest absolute Gasteiger partial charge is 0.480 e. The molecule has 2 heterocycles. The molecule has 2 rings (SSSR count). The van der Waals surface area contributed by atoms with Crippen LogP contribution in [0.1, 0.15) is 24.8 Å². The van der Waals surface area contributed by atoms with Gasteiger partial charge in [-0.15, -0.1) is 0 Å². The van der Waals surface area contributed by atoms with Crippen LogP contribution in [0.2, 0.25) is 5.02 Å². The lowest BCUT2D eigenvalue weighted by molar-refractivity contribution is -0.139. The summed E-state index contributed by atoms with van der Waals surface area (Å²) in [4.78, 5) is 17.0. The quantitative estimate of drug-likeness (QED) is 0.885. The molecular weight excluding hydrogens is 254 g/mol. The minimum atomic E-state index is -0.880. The number of pyridine rings is 1. The molecule has 5 nitrogen and oxygen atoms in total. The molecule has 0 amide bonds. The zero-order valence-corrected chi connectivity index (χ0v) is 10.4. The molecule has 0 bridgehead atoms. The summed E-state index contributed by atoms with van der Waals surface area (Å²) < 4.78 is 0. The normalized spacial score (nSPS) is 19.3. The fourth-order valence-corrected chi connectivity index (χ4v) is 2.42. The fraction of sp³-hybridized carbons (Fsp3) is 0.417. The third-order valence-electron chi connectivity index (χ3n) is 3.05. The molecule has 1 aliphatic rings. The van der Waals surface area contributed by atoms with Gasteiger partial charge < -0.3 is 10.0 Å². The number of aromatic nitrogens is 1. The number of carbonyl (C=O) groups is 1. The Bertz CT molecular complexity index is 513. The Morgan fingerprint density at radius 1 is 1.61 bits per heavy atom. The predicted octanol–water partition coefficient (Wildman–Crippen LogP) is 2.05. The van der Waals surface area contributed by atoms with E-state index in [1.165, 1.54) is 12.3 Å². The number of nitrogens with zero attached hydrogens (tertiary/aromatic N) is 3. The van der Waals surface area contributed by atoms with Crippen LogP contribution in [-0.4, -0.2) is 28.6 Å². The van der Waals surface area contributed by atoms with Crippen LogP contribution in [-0.2, 0) is 4.79 Å². The number of hydrogen-bond donors (Lipinski definition) is 1. The highest BCUT2D eigenvalue weighted by atomic mass is 35.5. The minimum absolute atomic E-state index is 0.230. The lowest BCUT2D eigenvalue weighted by Gasteiger charge is -2.34. The number of halogens is 1. The van der Waals surface area contributed by atoms with E-state index in [0.717, 1.165) is 12.8 Å². The van der Waals surface area contributed by atoms with Crippen molar-refractivity contribution in [2.24, 2.45) is 0 Å². The van der Waals surface area contributed by atoms with Crippen LogP contribution in [0.15, 0.2) is 12.3 Å². The van der Waals surface area contributed by atoms with E-state index in [4.69, 9.17) is 16.9 Å². The first-order chi connectivity index (χ1) is 8.65. The summed E-state index contributed by atoms with van der Waals surface area (Å²) in [6.07, 6.45) is 3.83. The Balaban J connectivity index is 2.40. The second kappa shape index (κ2) is 5.23. The maximum Gasteiger partial charge on any atom is 0.326 e. The lowest BCUT2D eigenvalue weighted by Crippen LogP contribution is -2.45. The number of rotatable bonds is 2. The van der Waals surface area contributed by atoms with Gasteiger partial charge in [0.1, 0.15) is 23.0 Å². The van der Waals surface area contributed by atoms with Gasteiger partial charge >= 0.3 is 5.97 Å². The maximum absolute atomic E-state index is 11.2. The number of carboxylic acids is 1. The van der Waals surface area contributed by atoms with Gasteiger partial charge in [-0.2, -0.15) is 5.26 Å². The molecule has 1 aromatic rings. The molecule has 0 spiro atoms. The lowest BCUT2D eigenvalue weighted by atomic mass is 10.0. The Hall–Kier alpha value is -1.80. The van der Waals surface area contributed by atoms with Gasteiger partial charge in [-0.25, -0.2) is 9.78 Å². The maximum atomic E-state index is 11.2. The van der Waals surface area contributed by atoms with Crippen molar-refractivity contribution in [3.8, 4) is 6.07 Å².